The van der Waals surface area contributed by atoms with Crippen molar-refractivity contribution >= 4 is 5.57 Å². The Morgan fingerprint density at radius 1 is 1.38 bits per heavy atom. The number of nitrogens with zero attached hydrogens (tertiary/aromatic N) is 2. The van der Waals surface area contributed by atoms with Gasteiger partial charge in [-0.2, -0.15) is 0 Å². The second kappa shape index (κ2) is 5.56. The van der Waals surface area contributed by atoms with Crippen LogP contribution in [-0.4, -0.2) is 12.2 Å². The molecular weight excluding hydrogens is 204 g/mol. The Balaban J connectivity index is 3.07. The first kappa shape index (κ1) is 11.8. The molecule has 0 saturated carbocycles. The minimum absolute atomic E-state index is 0.0103. The molecule has 4 nitrogen and oxygen atoms in total. The van der Waals surface area contributed by atoms with Gasteiger partial charge in [0.25, 0.3) is 0 Å². The van der Waals surface area contributed by atoms with Gasteiger partial charge in [0.15, 0.2) is 4.98 Å². The second-order valence-corrected chi connectivity index (χ2v) is 3.19. The number of allylic oxidation sites excluding steroid dienone is 2. The number of aliphatic hydroxyl groups is 1. The van der Waals surface area contributed by atoms with Crippen molar-refractivity contribution in [2.24, 2.45) is 0 Å². The summed E-state index contributed by atoms with van der Waals surface area (Å²) in [6.07, 6.45) is 1.54. The van der Waals surface area contributed by atoms with Gasteiger partial charge in [-0.25, -0.2) is 0 Å². The van der Waals surface area contributed by atoms with Crippen molar-refractivity contribution in [3.8, 4) is 0 Å². The van der Waals surface area contributed by atoms with Crippen LogP contribution in [0.5, 0.6) is 0 Å². The topological polar surface area (TPSA) is 57.6 Å². The van der Waals surface area contributed by atoms with Crippen LogP contribution in [0.3, 0.4) is 0 Å². The SMILES string of the molecule is CO/C(O)=C(/C=C(\C)c1ccccc1)[N+]#N. The highest BCUT2D eigenvalue weighted by Crippen LogP contribution is 2.17. The molecule has 0 heterocycles. The van der Waals surface area contributed by atoms with Crippen molar-refractivity contribution < 1.29 is 9.84 Å². The van der Waals surface area contributed by atoms with E-state index in [2.05, 4.69) is 9.71 Å². The number of aliphatic hydroxyl groups excluding tert-OH is 1. The molecule has 1 N–H and O–H groups in total. The van der Waals surface area contributed by atoms with E-state index in [0.717, 1.165) is 11.1 Å². The van der Waals surface area contributed by atoms with Gasteiger partial charge in [0.1, 0.15) is 0 Å². The Labute approximate surface area is 94.1 Å². The molecular formula is C12H13N2O2+. The van der Waals surface area contributed by atoms with E-state index in [1.54, 1.807) is 0 Å². The smallest absolute Gasteiger partial charge is 0.464 e. The maximum Gasteiger partial charge on any atom is 0.464 e. The molecule has 0 amide bonds. The summed E-state index contributed by atoms with van der Waals surface area (Å²) < 4.78 is 4.58. The number of ether oxygens (including phenoxy) is 1. The average Bonchev–Trinajstić information content (AvgIpc) is 2.35. The second-order valence-electron chi connectivity index (χ2n) is 3.19. The third-order valence-electron chi connectivity index (χ3n) is 2.10. The molecule has 0 aliphatic rings. The van der Waals surface area contributed by atoms with Crippen LogP contribution < -0.4 is 0 Å². The Morgan fingerprint density at radius 2 is 2.00 bits per heavy atom. The number of diazo groups is 1. The Kier molecular flexibility index (Phi) is 4.10. The maximum absolute atomic E-state index is 9.27. The first-order valence-corrected chi connectivity index (χ1v) is 4.75. The molecule has 0 aliphatic heterocycles. The predicted octanol–water partition coefficient (Wildman–Crippen LogP) is 3.32. The lowest BCUT2D eigenvalue weighted by Crippen LogP contribution is -1.89. The Bertz CT molecular complexity index is 456. The van der Waals surface area contributed by atoms with Gasteiger partial charge in [-0.15, -0.1) is 0 Å². The fraction of sp³-hybridized carbons (Fsp3) is 0.167. The fourth-order valence-electron chi connectivity index (χ4n) is 1.23. The van der Waals surface area contributed by atoms with E-state index < -0.39 is 5.95 Å². The molecule has 0 saturated heterocycles. The van der Waals surface area contributed by atoms with Crippen LogP contribution in [0.4, 0.5) is 0 Å². The normalized spacial score (nSPS) is 12.7. The molecule has 0 atom stereocenters. The van der Waals surface area contributed by atoms with Crippen molar-refractivity contribution in [3.05, 3.63) is 58.6 Å². The highest BCUT2D eigenvalue weighted by Gasteiger charge is 2.17. The molecule has 0 radical (unpaired) electrons. The Hall–Kier alpha value is -2.28. The van der Waals surface area contributed by atoms with E-state index in [1.165, 1.54) is 13.2 Å². The lowest BCUT2D eigenvalue weighted by molar-refractivity contribution is 0.133. The van der Waals surface area contributed by atoms with Gasteiger partial charge in [0.2, 0.25) is 5.39 Å². The monoisotopic (exact) mass is 217 g/mol. The lowest BCUT2D eigenvalue weighted by atomic mass is 10.1. The number of hydrogen-bond donors (Lipinski definition) is 1. The van der Waals surface area contributed by atoms with Crippen molar-refractivity contribution in [2.45, 2.75) is 6.92 Å². The third-order valence-corrected chi connectivity index (χ3v) is 2.10. The quantitative estimate of drug-likeness (QED) is 0.480. The summed E-state index contributed by atoms with van der Waals surface area (Å²) in [6, 6.07) is 9.57. The summed E-state index contributed by atoms with van der Waals surface area (Å²) in [5.74, 6) is -0.419. The van der Waals surface area contributed by atoms with Crippen LogP contribution in [-0.2, 0) is 4.74 Å². The van der Waals surface area contributed by atoms with Crippen molar-refractivity contribution in [3.63, 3.8) is 0 Å². The summed E-state index contributed by atoms with van der Waals surface area (Å²) >= 11 is 0. The highest BCUT2D eigenvalue weighted by molar-refractivity contribution is 5.66. The van der Waals surface area contributed by atoms with Crippen LogP contribution in [0.15, 0.2) is 48.1 Å². The van der Waals surface area contributed by atoms with Gasteiger partial charge in [-0.05, 0) is 18.1 Å². The van der Waals surface area contributed by atoms with Gasteiger partial charge in [-0.3, -0.25) is 0 Å². The van der Waals surface area contributed by atoms with Gasteiger partial charge >= 0.3 is 11.6 Å². The molecule has 0 spiro atoms. The molecule has 4 heteroatoms. The number of methoxy groups -OCH3 is 1. The molecule has 0 aliphatic carbocycles. The number of benzene rings is 1. The van der Waals surface area contributed by atoms with Crippen LogP contribution in [0.2, 0.25) is 0 Å². The van der Waals surface area contributed by atoms with Crippen LogP contribution in [0.1, 0.15) is 12.5 Å². The van der Waals surface area contributed by atoms with Crippen molar-refractivity contribution in [2.75, 3.05) is 7.11 Å². The fourth-order valence-corrected chi connectivity index (χ4v) is 1.23. The van der Waals surface area contributed by atoms with E-state index in [4.69, 9.17) is 5.39 Å². The summed E-state index contributed by atoms with van der Waals surface area (Å²) in [4.78, 5) is 2.95. The zero-order valence-electron chi connectivity index (χ0n) is 9.21. The van der Waals surface area contributed by atoms with Crippen LogP contribution in [0.25, 0.3) is 10.5 Å². The van der Waals surface area contributed by atoms with E-state index in [-0.39, 0.29) is 5.70 Å². The zero-order valence-corrected chi connectivity index (χ0v) is 9.21. The molecule has 82 valence electrons. The Morgan fingerprint density at radius 3 is 2.50 bits per heavy atom. The lowest BCUT2D eigenvalue weighted by Gasteiger charge is -1.98. The molecule has 1 rings (SSSR count). The standard InChI is InChI=1S/C12H12N2O2/c1-9(10-6-4-3-5-7-10)8-11(14-13)12(15)16-2/h3-8H,1-2H3/p+1/b9-8+,12-11-. The predicted molar refractivity (Wildman–Crippen MR) is 61.8 cm³/mol. The minimum atomic E-state index is -0.419. The van der Waals surface area contributed by atoms with Gasteiger partial charge in [-0.1, -0.05) is 30.3 Å². The van der Waals surface area contributed by atoms with Gasteiger partial charge in [0, 0.05) is 6.08 Å². The first-order chi connectivity index (χ1) is 7.69. The molecule has 0 unspecified atom stereocenters. The van der Waals surface area contributed by atoms with Crippen molar-refractivity contribution in [1.29, 1.82) is 5.39 Å². The number of hydrogen-bond acceptors (Lipinski definition) is 3. The first-order valence-electron chi connectivity index (χ1n) is 4.75. The van der Waals surface area contributed by atoms with E-state index in [0.29, 0.717) is 0 Å². The van der Waals surface area contributed by atoms with E-state index in [1.807, 2.05) is 37.3 Å². The zero-order chi connectivity index (χ0) is 12.0. The van der Waals surface area contributed by atoms with Crippen LogP contribution in [0, 0.1) is 5.39 Å². The van der Waals surface area contributed by atoms with Gasteiger partial charge < -0.3 is 9.84 Å². The molecule has 1 aromatic carbocycles. The molecule has 0 bridgehead atoms. The molecule has 1 aromatic rings. The van der Waals surface area contributed by atoms with Crippen LogP contribution >= 0.6 is 0 Å². The van der Waals surface area contributed by atoms with E-state index in [9.17, 15) is 5.11 Å². The average molecular weight is 217 g/mol. The molecule has 16 heavy (non-hydrogen) atoms. The summed E-state index contributed by atoms with van der Waals surface area (Å²) in [5.41, 5.74) is 1.83. The van der Waals surface area contributed by atoms with Crippen molar-refractivity contribution in [1.82, 2.24) is 0 Å². The summed E-state index contributed by atoms with van der Waals surface area (Å²) in [5, 5.41) is 18.0. The minimum Gasteiger partial charge on any atom is -0.475 e. The van der Waals surface area contributed by atoms with E-state index >= 15 is 0 Å². The largest absolute Gasteiger partial charge is 0.475 e. The summed E-state index contributed by atoms with van der Waals surface area (Å²) in [6.45, 7) is 1.85. The van der Waals surface area contributed by atoms with Gasteiger partial charge in [0.05, 0.1) is 7.11 Å². The molecule has 0 fully saturated rings. The third kappa shape index (κ3) is 2.85. The highest BCUT2D eigenvalue weighted by atomic mass is 16.6. The summed E-state index contributed by atoms with van der Waals surface area (Å²) in [7, 11) is 1.30. The molecule has 0 aromatic heterocycles. The number of rotatable bonds is 3. The maximum atomic E-state index is 9.27.